The van der Waals surface area contributed by atoms with Gasteiger partial charge in [0.1, 0.15) is 0 Å². The zero-order valence-corrected chi connectivity index (χ0v) is 10.5. The van der Waals surface area contributed by atoms with E-state index in [4.69, 9.17) is 4.74 Å². The third-order valence-corrected chi connectivity index (χ3v) is 4.11. The highest BCUT2D eigenvalue weighted by Crippen LogP contribution is 2.29. The molecule has 0 heterocycles. The fraction of sp³-hybridized carbons (Fsp3) is 0.917. The van der Waals surface area contributed by atoms with E-state index in [2.05, 4.69) is 6.92 Å². The summed E-state index contributed by atoms with van der Waals surface area (Å²) in [5, 5.41) is 0.813. The lowest BCUT2D eigenvalue weighted by Gasteiger charge is -2.08. The van der Waals surface area contributed by atoms with Crippen LogP contribution in [-0.2, 0) is 9.53 Å². The Balaban J connectivity index is 1.91. The predicted molar refractivity (Wildman–Crippen MR) is 65.2 cm³/mol. The Morgan fingerprint density at radius 3 is 2.80 bits per heavy atom. The maximum Gasteiger partial charge on any atom is 0.306 e. The average molecular weight is 230 g/mol. The number of rotatable bonds is 7. The van der Waals surface area contributed by atoms with Crippen molar-refractivity contribution < 1.29 is 9.53 Å². The maximum absolute atomic E-state index is 11.3. The van der Waals surface area contributed by atoms with Crippen LogP contribution in [0, 0.1) is 0 Å². The minimum Gasteiger partial charge on any atom is -0.466 e. The van der Waals surface area contributed by atoms with E-state index in [0.717, 1.165) is 23.8 Å². The van der Waals surface area contributed by atoms with E-state index in [1.807, 2.05) is 11.8 Å². The molecule has 0 aromatic carbocycles. The normalized spacial score (nSPS) is 16.9. The summed E-state index contributed by atoms with van der Waals surface area (Å²) in [5.74, 6) is 0.921. The van der Waals surface area contributed by atoms with Crippen LogP contribution in [0.2, 0.25) is 0 Å². The highest BCUT2D eigenvalue weighted by molar-refractivity contribution is 7.99. The van der Waals surface area contributed by atoms with Gasteiger partial charge >= 0.3 is 5.97 Å². The van der Waals surface area contributed by atoms with Gasteiger partial charge in [0.15, 0.2) is 0 Å². The van der Waals surface area contributed by atoms with Crippen molar-refractivity contribution in [3.05, 3.63) is 0 Å². The first kappa shape index (κ1) is 12.9. The average Bonchev–Trinajstić information content (AvgIpc) is 2.71. The Bertz CT molecular complexity index is 176. The first-order valence-electron chi connectivity index (χ1n) is 6.10. The molecule has 0 radical (unpaired) electrons. The third-order valence-electron chi connectivity index (χ3n) is 2.72. The van der Waals surface area contributed by atoms with Gasteiger partial charge in [-0.1, -0.05) is 26.2 Å². The number of hydrogen-bond acceptors (Lipinski definition) is 3. The summed E-state index contributed by atoms with van der Waals surface area (Å²) < 4.78 is 5.09. The molecule has 3 heteroatoms. The quantitative estimate of drug-likeness (QED) is 0.495. The van der Waals surface area contributed by atoms with E-state index in [1.165, 1.54) is 25.7 Å². The van der Waals surface area contributed by atoms with Crippen LogP contribution in [0.5, 0.6) is 0 Å². The van der Waals surface area contributed by atoms with Gasteiger partial charge in [0.2, 0.25) is 0 Å². The third kappa shape index (κ3) is 6.08. The summed E-state index contributed by atoms with van der Waals surface area (Å²) in [7, 11) is 0. The number of thioether (sulfide) groups is 1. The first-order valence-corrected chi connectivity index (χ1v) is 7.15. The molecule has 15 heavy (non-hydrogen) atoms. The summed E-state index contributed by atoms with van der Waals surface area (Å²) in [6.07, 6.45) is 8.10. The molecule has 1 fully saturated rings. The second-order valence-electron chi connectivity index (χ2n) is 4.10. The molecule has 88 valence electrons. The lowest BCUT2D eigenvalue weighted by atomic mass is 10.4. The Hall–Kier alpha value is -0.180. The van der Waals surface area contributed by atoms with Crippen LogP contribution in [-0.4, -0.2) is 23.6 Å². The fourth-order valence-corrected chi connectivity index (χ4v) is 3.05. The number of ether oxygens (including phenoxy) is 1. The van der Waals surface area contributed by atoms with E-state index in [9.17, 15) is 4.79 Å². The number of esters is 1. The molecule has 1 rings (SSSR count). The number of hydrogen-bond donors (Lipinski definition) is 0. The van der Waals surface area contributed by atoms with Crippen LogP contribution in [0.15, 0.2) is 0 Å². The molecule has 0 unspecified atom stereocenters. The van der Waals surface area contributed by atoms with Gasteiger partial charge < -0.3 is 4.74 Å². The first-order chi connectivity index (χ1) is 7.33. The lowest BCUT2D eigenvalue weighted by Crippen LogP contribution is -2.07. The van der Waals surface area contributed by atoms with Crippen LogP contribution in [0.25, 0.3) is 0 Å². The topological polar surface area (TPSA) is 26.3 Å². The molecule has 1 aliphatic carbocycles. The molecule has 0 amide bonds. The molecule has 0 aromatic heterocycles. The Morgan fingerprint density at radius 2 is 2.13 bits per heavy atom. The SMILES string of the molecule is CCCCOC(=O)CCSC1CCCC1. The molecule has 0 atom stereocenters. The fourth-order valence-electron chi connectivity index (χ4n) is 1.77. The molecule has 0 bridgehead atoms. The van der Waals surface area contributed by atoms with Crippen molar-refractivity contribution in [3.8, 4) is 0 Å². The molecular weight excluding hydrogens is 208 g/mol. The van der Waals surface area contributed by atoms with Crippen LogP contribution < -0.4 is 0 Å². The van der Waals surface area contributed by atoms with E-state index < -0.39 is 0 Å². The maximum atomic E-state index is 11.3. The number of carbonyl (C=O) groups excluding carboxylic acids is 1. The van der Waals surface area contributed by atoms with Gasteiger partial charge in [-0.15, -0.1) is 0 Å². The zero-order chi connectivity index (χ0) is 10.9. The van der Waals surface area contributed by atoms with E-state index >= 15 is 0 Å². The Kier molecular flexibility index (Phi) is 6.90. The van der Waals surface area contributed by atoms with Crippen LogP contribution in [0.4, 0.5) is 0 Å². The zero-order valence-electron chi connectivity index (χ0n) is 9.67. The van der Waals surface area contributed by atoms with E-state index in [-0.39, 0.29) is 5.97 Å². The monoisotopic (exact) mass is 230 g/mol. The minimum atomic E-state index is -0.0195. The van der Waals surface area contributed by atoms with Crippen molar-refractivity contribution in [1.82, 2.24) is 0 Å². The molecule has 0 saturated heterocycles. The molecular formula is C12H22O2S. The van der Waals surface area contributed by atoms with Gasteiger partial charge in [-0.05, 0) is 19.3 Å². The van der Waals surface area contributed by atoms with Gasteiger partial charge in [-0.3, -0.25) is 4.79 Å². The molecule has 0 aliphatic heterocycles. The van der Waals surface area contributed by atoms with Crippen LogP contribution in [0.1, 0.15) is 51.9 Å². The smallest absolute Gasteiger partial charge is 0.306 e. The molecule has 1 aliphatic rings. The number of unbranched alkanes of at least 4 members (excludes halogenated alkanes) is 1. The van der Waals surface area contributed by atoms with Gasteiger partial charge in [0, 0.05) is 11.0 Å². The van der Waals surface area contributed by atoms with Crippen molar-refractivity contribution in [1.29, 1.82) is 0 Å². The van der Waals surface area contributed by atoms with Crippen molar-refractivity contribution >= 4 is 17.7 Å². The van der Waals surface area contributed by atoms with Crippen LogP contribution in [0.3, 0.4) is 0 Å². The second kappa shape index (κ2) is 8.03. The minimum absolute atomic E-state index is 0.0195. The second-order valence-corrected chi connectivity index (χ2v) is 5.51. The summed E-state index contributed by atoms with van der Waals surface area (Å²) in [4.78, 5) is 11.3. The molecule has 2 nitrogen and oxygen atoms in total. The van der Waals surface area contributed by atoms with Crippen LogP contribution >= 0.6 is 11.8 Å². The Labute approximate surface area is 97.1 Å². The molecule has 0 aromatic rings. The van der Waals surface area contributed by atoms with Gasteiger partial charge in [0.05, 0.1) is 13.0 Å². The van der Waals surface area contributed by atoms with Crippen molar-refractivity contribution in [2.45, 2.75) is 57.1 Å². The Morgan fingerprint density at radius 1 is 1.40 bits per heavy atom. The largest absolute Gasteiger partial charge is 0.466 e. The predicted octanol–water partition coefficient (Wildman–Crippen LogP) is 3.40. The lowest BCUT2D eigenvalue weighted by molar-refractivity contribution is -0.143. The van der Waals surface area contributed by atoms with Gasteiger partial charge in [-0.25, -0.2) is 0 Å². The van der Waals surface area contributed by atoms with Crippen molar-refractivity contribution in [3.63, 3.8) is 0 Å². The standard InChI is InChI=1S/C12H22O2S/c1-2-3-9-14-12(13)8-10-15-11-6-4-5-7-11/h11H,2-10H2,1H3. The van der Waals surface area contributed by atoms with E-state index in [1.54, 1.807) is 0 Å². The molecule has 1 saturated carbocycles. The number of carbonyl (C=O) groups is 1. The highest BCUT2D eigenvalue weighted by Gasteiger charge is 2.15. The summed E-state index contributed by atoms with van der Waals surface area (Å²) in [6.45, 7) is 2.70. The summed E-state index contributed by atoms with van der Waals surface area (Å²) in [5.41, 5.74) is 0. The van der Waals surface area contributed by atoms with E-state index in [0.29, 0.717) is 13.0 Å². The van der Waals surface area contributed by atoms with Gasteiger partial charge in [0.25, 0.3) is 0 Å². The highest BCUT2D eigenvalue weighted by atomic mass is 32.2. The molecule has 0 spiro atoms. The van der Waals surface area contributed by atoms with Crippen molar-refractivity contribution in [2.75, 3.05) is 12.4 Å². The summed E-state index contributed by atoms with van der Waals surface area (Å²) >= 11 is 1.95. The van der Waals surface area contributed by atoms with Gasteiger partial charge in [-0.2, -0.15) is 11.8 Å². The molecule has 0 N–H and O–H groups in total. The van der Waals surface area contributed by atoms with Crippen molar-refractivity contribution in [2.24, 2.45) is 0 Å². The summed E-state index contributed by atoms with van der Waals surface area (Å²) in [6, 6.07) is 0.